The number of furan rings is 1. The van der Waals surface area contributed by atoms with Crippen LogP contribution in [-0.2, 0) is 4.79 Å². The molecule has 9 heteroatoms. The summed E-state index contributed by atoms with van der Waals surface area (Å²) in [5, 5.41) is 6.94. The molecule has 0 bridgehead atoms. The molecule has 1 saturated heterocycles. The van der Waals surface area contributed by atoms with Gasteiger partial charge in [-0.25, -0.2) is 0 Å². The van der Waals surface area contributed by atoms with Gasteiger partial charge in [-0.1, -0.05) is 24.2 Å². The standard InChI is InChI=1S/C21H21BrN4O4/c1-2-18(27)23-15-5-3-4-14(12-15)19-24-20(30-25-19)13-8-10-26(11-9-13)21(28)16-6-7-17(22)29-16/h3-7,12-13H,2,8-11H2,1H3,(H,23,27). The zero-order valence-electron chi connectivity index (χ0n) is 16.4. The molecular formula is C21H21BrN4O4. The van der Waals surface area contributed by atoms with E-state index in [0.717, 1.165) is 18.4 Å². The fourth-order valence-electron chi connectivity index (χ4n) is 3.42. The van der Waals surface area contributed by atoms with Gasteiger partial charge in [0.25, 0.3) is 5.91 Å². The van der Waals surface area contributed by atoms with Crippen LogP contribution in [0.15, 0.2) is 50.0 Å². The zero-order chi connectivity index (χ0) is 21.1. The van der Waals surface area contributed by atoms with Gasteiger partial charge in [-0.2, -0.15) is 4.98 Å². The SMILES string of the molecule is CCC(=O)Nc1cccc(-c2noc(C3CCN(C(=O)c4ccc(Br)o4)CC3)n2)c1. The van der Waals surface area contributed by atoms with E-state index in [0.29, 0.717) is 47.3 Å². The first kappa shape index (κ1) is 20.3. The zero-order valence-corrected chi connectivity index (χ0v) is 18.0. The minimum absolute atomic E-state index is 0.0517. The maximum atomic E-state index is 12.5. The Hall–Kier alpha value is -2.94. The Balaban J connectivity index is 1.40. The number of carbonyl (C=O) groups is 2. The van der Waals surface area contributed by atoms with Gasteiger partial charge in [0.15, 0.2) is 10.4 Å². The molecule has 3 aromatic rings. The number of hydrogen-bond donors (Lipinski definition) is 1. The lowest BCUT2D eigenvalue weighted by Crippen LogP contribution is -2.37. The highest BCUT2D eigenvalue weighted by Gasteiger charge is 2.29. The van der Waals surface area contributed by atoms with E-state index in [-0.39, 0.29) is 17.7 Å². The third kappa shape index (κ3) is 4.46. The van der Waals surface area contributed by atoms with Crippen LogP contribution in [-0.4, -0.2) is 39.9 Å². The predicted molar refractivity (Wildman–Crippen MR) is 113 cm³/mol. The van der Waals surface area contributed by atoms with Gasteiger partial charge < -0.3 is 19.2 Å². The van der Waals surface area contributed by atoms with Crippen LogP contribution >= 0.6 is 15.9 Å². The van der Waals surface area contributed by atoms with E-state index in [2.05, 4.69) is 31.4 Å². The van der Waals surface area contributed by atoms with E-state index in [1.807, 2.05) is 24.3 Å². The lowest BCUT2D eigenvalue weighted by atomic mass is 9.96. The highest BCUT2D eigenvalue weighted by atomic mass is 79.9. The van der Waals surface area contributed by atoms with E-state index >= 15 is 0 Å². The van der Waals surface area contributed by atoms with Crippen molar-refractivity contribution in [1.82, 2.24) is 15.0 Å². The number of aromatic nitrogens is 2. The second kappa shape index (κ2) is 8.83. The summed E-state index contributed by atoms with van der Waals surface area (Å²) in [6, 6.07) is 10.7. The van der Waals surface area contributed by atoms with E-state index in [1.54, 1.807) is 24.0 Å². The number of halogens is 1. The van der Waals surface area contributed by atoms with Gasteiger partial charge in [-0.3, -0.25) is 9.59 Å². The molecule has 2 aromatic heterocycles. The van der Waals surface area contributed by atoms with E-state index < -0.39 is 0 Å². The van der Waals surface area contributed by atoms with Crippen LogP contribution in [0.5, 0.6) is 0 Å². The summed E-state index contributed by atoms with van der Waals surface area (Å²) in [7, 11) is 0. The van der Waals surface area contributed by atoms with Gasteiger partial charge in [-0.05, 0) is 53.0 Å². The molecule has 156 valence electrons. The molecule has 2 amide bonds. The molecule has 0 radical (unpaired) electrons. The third-order valence-electron chi connectivity index (χ3n) is 5.08. The van der Waals surface area contributed by atoms with Crippen LogP contribution in [0.4, 0.5) is 5.69 Å². The van der Waals surface area contributed by atoms with Gasteiger partial charge in [0.05, 0.1) is 0 Å². The molecule has 1 aliphatic heterocycles. The molecule has 0 saturated carbocycles. The largest absolute Gasteiger partial charge is 0.444 e. The highest BCUT2D eigenvalue weighted by molar-refractivity contribution is 9.10. The third-order valence-corrected chi connectivity index (χ3v) is 5.51. The van der Waals surface area contributed by atoms with Crippen molar-refractivity contribution in [1.29, 1.82) is 0 Å². The number of hydrogen-bond acceptors (Lipinski definition) is 6. The van der Waals surface area contributed by atoms with Crippen molar-refractivity contribution in [3.63, 3.8) is 0 Å². The Morgan fingerprint density at radius 1 is 1.23 bits per heavy atom. The van der Waals surface area contributed by atoms with Gasteiger partial charge in [0, 0.05) is 36.7 Å². The van der Waals surface area contributed by atoms with Gasteiger partial charge >= 0.3 is 0 Å². The summed E-state index contributed by atoms with van der Waals surface area (Å²) in [6.07, 6.45) is 1.89. The summed E-state index contributed by atoms with van der Waals surface area (Å²) >= 11 is 3.22. The van der Waals surface area contributed by atoms with Crippen LogP contribution in [0.2, 0.25) is 0 Å². The average Bonchev–Trinajstić information content (AvgIpc) is 3.43. The summed E-state index contributed by atoms with van der Waals surface area (Å²) < 4.78 is 11.4. The van der Waals surface area contributed by atoms with Crippen LogP contribution in [0.1, 0.15) is 48.5 Å². The number of nitrogens with zero attached hydrogens (tertiary/aromatic N) is 3. The van der Waals surface area contributed by atoms with Crippen molar-refractivity contribution in [2.75, 3.05) is 18.4 Å². The molecule has 1 aromatic carbocycles. The number of likely N-dealkylation sites (tertiary alicyclic amines) is 1. The van der Waals surface area contributed by atoms with Crippen molar-refractivity contribution in [2.24, 2.45) is 0 Å². The van der Waals surface area contributed by atoms with Crippen molar-refractivity contribution < 1.29 is 18.5 Å². The minimum atomic E-state index is -0.115. The molecule has 1 N–H and O–H groups in total. The average molecular weight is 473 g/mol. The van der Waals surface area contributed by atoms with Crippen LogP contribution in [0.25, 0.3) is 11.4 Å². The normalized spacial score (nSPS) is 14.7. The van der Waals surface area contributed by atoms with Crippen LogP contribution in [0.3, 0.4) is 0 Å². The lowest BCUT2D eigenvalue weighted by Gasteiger charge is -2.29. The second-order valence-electron chi connectivity index (χ2n) is 7.11. The maximum absolute atomic E-state index is 12.5. The fraction of sp³-hybridized carbons (Fsp3) is 0.333. The van der Waals surface area contributed by atoms with Gasteiger partial charge in [-0.15, -0.1) is 0 Å². The minimum Gasteiger partial charge on any atom is -0.444 e. The van der Waals surface area contributed by atoms with Crippen molar-refractivity contribution in [3.05, 3.63) is 52.7 Å². The second-order valence-corrected chi connectivity index (χ2v) is 7.89. The van der Waals surface area contributed by atoms with Crippen LogP contribution < -0.4 is 5.32 Å². The number of nitrogens with one attached hydrogen (secondary N) is 1. The summed E-state index contributed by atoms with van der Waals surface area (Å²) in [5.74, 6) is 1.31. The number of piperidine rings is 1. The number of amides is 2. The molecular weight excluding hydrogens is 452 g/mol. The summed E-state index contributed by atoms with van der Waals surface area (Å²) in [4.78, 5) is 30.4. The van der Waals surface area contributed by atoms with Crippen molar-refractivity contribution in [3.8, 4) is 11.4 Å². The molecule has 30 heavy (non-hydrogen) atoms. The van der Waals surface area contributed by atoms with Crippen LogP contribution in [0, 0.1) is 0 Å². The molecule has 8 nitrogen and oxygen atoms in total. The molecule has 0 spiro atoms. The smallest absolute Gasteiger partial charge is 0.289 e. The Morgan fingerprint density at radius 2 is 2.03 bits per heavy atom. The van der Waals surface area contributed by atoms with E-state index in [4.69, 9.17) is 8.94 Å². The van der Waals surface area contributed by atoms with E-state index in [9.17, 15) is 9.59 Å². The first-order valence-corrected chi connectivity index (χ1v) is 10.6. The number of benzene rings is 1. The molecule has 1 fully saturated rings. The summed E-state index contributed by atoms with van der Waals surface area (Å²) in [5.41, 5.74) is 1.47. The van der Waals surface area contributed by atoms with Gasteiger partial charge in [0.2, 0.25) is 17.6 Å². The number of rotatable bonds is 5. The number of anilines is 1. The lowest BCUT2D eigenvalue weighted by molar-refractivity contribution is -0.115. The highest BCUT2D eigenvalue weighted by Crippen LogP contribution is 2.30. The molecule has 0 unspecified atom stereocenters. The topological polar surface area (TPSA) is 101 Å². The van der Waals surface area contributed by atoms with Crippen molar-refractivity contribution >= 4 is 33.4 Å². The Labute approximate surface area is 181 Å². The first-order chi connectivity index (χ1) is 14.5. The van der Waals surface area contributed by atoms with E-state index in [1.165, 1.54) is 0 Å². The molecule has 4 rings (SSSR count). The Kier molecular flexibility index (Phi) is 5.98. The summed E-state index contributed by atoms with van der Waals surface area (Å²) in [6.45, 7) is 2.99. The predicted octanol–water partition coefficient (Wildman–Crippen LogP) is 4.46. The first-order valence-electron chi connectivity index (χ1n) is 9.82. The fourth-order valence-corrected chi connectivity index (χ4v) is 3.72. The Morgan fingerprint density at radius 3 is 2.73 bits per heavy atom. The molecule has 1 aliphatic rings. The molecule has 0 aliphatic carbocycles. The van der Waals surface area contributed by atoms with Gasteiger partial charge in [0.1, 0.15) is 0 Å². The molecule has 0 atom stereocenters. The maximum Gasteiger partial charge on any atom is 0.289 e. The number of carbonyl (C=O) groups excluding carboxylic acids is 2. The monoisotopic (exact) mass is 472 g/mol. The Bertz CT molecular complexity index is 1050. The van der Waals surface area contributed by atoms with Crippen molar-refractivity contribution in [2.45, 2.75) is 32.1 Å². The molecule has 3 heterocycles. The quantitative estimate of drug-likeness (QED) is 0.587.